The van der Waals surface area contributed by atoms with Crippen LogP contribution in [0.25, 0.3) is 0 Å². The molecule has 0 rings (SSSR count). The van der Waals surface area contributed by atoms with Gasteiger partial charge in [0.15, 0.2) is 0 Å². The Kier molecular flexibility index (Phi) is 5.13. The van der Waals surface area contributed by atoms with Crippen molar-refractivity contribution >= 4 is 5.91 Å². The lowest BCUT2D eigenvalue weighted by Crippen LogP contribution is -2.45. The fourth-order valence-corrected chi connectivity index (χ4v) is 1.14. The van der Waals surface area contributed by atoms with Crippen molar-refractivity contribution in [3.8, 4) is 0 Å². The lowest BCUT2D eigenvalue weighted by Gasteiger charge is -2.26. The molecule has 0 aromatic rings. The van der Waals surface area contributed by atoms with Crippen LogP contribution in [0, 0.1) is 11.3 Å². The Morgan fingerprint density at radius 1 is 1.36 bits per heavy atom. The highest BCUT2D eigenvalue weighted by Crippen LogP contribution is 2.15. The third-order valence-corrected chi connectivity index (χ3v) is 2.28. The zero-order chi connectivity index (χ0) is 11.4. The van der Waals surface area contributed by atoms with E-state index in [0.29, 0.717) is 12.5 Å². The van der Waals surface area contributed by atoms with E-state index in [1.54, 1.807) is 0 Å². The van der Waals surface area contributed by atoms with Gasteiger partial charge in [-0.15, -0.1) is 0 Å². The fraction of sp³-hybridized carbons (Fsp3) is 0.909. The fourth-order valence-electron chi connectivity index (χ4n) is 1.14. The summed E-state index contributed by atoms with van der Waals surface area (Å²) < 4.78 is 0. The SMILES string of the molecule is CC(C)C(CCN)NC(=O)C(C)(C)C. The molecule has 1 atom stereocenters. The standard InChI is InChI=1S/C11H24N2O/c1-8(2)9(6-7-12)13-10(14)11(3,4)5/h8-9H,6-7,12H2,1-5H3,(H,13,14). The summed E-state index contributed by atoms with van der Waals surface area (Å²) in [6.07, 6.45) is 0.847. The quantitative estimate of drug-likeness (QED) is 0.723. The van der Waals surface area contributed by atoms with E-state index in [1.807, 2.05) is 20.8 Å². The number of carbonyl (C=O) groups excluding carboxylic acids is 1. The molecule has 0 aliphatic heterocycles. The van der Waals surface area contributed by atoms with Gasteiger partial charge >= 0.3 is 0 Å². The van der Waals surface area contributed by atoms with Gasteiger partial charge in [0.2, 0.25) is 5.91 Å². The van der Waals surface area contributed by atoms with Crippen molar-refractivity contribution in [2.24, 2.45) is 17.1 Å². The third kappa shape index (κ3) is 4.61. The summed E-state index contributed by atoms with van der Waals surface area (Å²) in [6, 6.07) is 0.201. The van der Waals surface area contributed by atoms with Crippen molar-refractivity contribution < 1.29 is 4.79 Å². The van der Waals surface area contributed by atoms with Crippen molar-refractivity contribution in [2.75, 3.05) is 6.54 Å². The molecule has 84 valence electrons. The van der Waals surface area contributed by atoms with Crippen LogP contribution in [-0.4, -0.2) is 18.5 Å². The maximum absolute atomic E-state index is 11.7. The molecule has 0 aromatic heterocycles. The van der Waals surface area contributed by atoms with Gasteiger partial charge < -0.3 is 11.1 Å². The predicted octanol–water partition coefficient (Wildman–Crippen LogP) is 1.52. The molecule has 0 saturated carbocycles. The number of hydrogen-bond donors (Lipinski definition) is 2. The molecule has 0 heterocycles. The first-order valence-corrected chi connectivity index (χ1v) is 5.30. The molecule has 0 aliphatic carbocycles. The number of hydrogen-bond acceptors (Lipinski definition) is 2. The van der Waals surface area contributed by atoms with Gasteiger partial charge in [0.05, 0.1) is 0 Å². The molecule has 3 heteroatoms. The summed E-state index contributed by atoms with van der Waals surface area (Å²) in [7, 11) is 0. The lowest BCUT2D eigenvalue weighted by atomic mass is 9.93. The van der Waals surface area contributed by atoms with Crippen molar-refractivity contribution in [2.45, 2.75) is 47.1 Å². The average Bonchev–Trinajstić information content (AvgIpc) is 2.01. The molecule has 0 radical (unpaired) electrons. The Hall–Kier alpha value is -0.570. The second-order valence-corrected chi connectivity index (χ2v) is 5.15. The number of carbonyl (C=O) groups is 1. The summed E-state index contributed by atoms with van der Waals surface area (Å²) >= 11 is 0. The maximum atomic E-state index is 11.7. The molecule has 3 nitrogen and oxygen atoms in total. The molecular weight excluding hydrogens is 176 g/mol. The van der Waals surface area contributed by atoms with E-state index in [9.17, 15) is 4.79 Å². The highest BCUT2D eigenvalue weighted by molar-refractivity contribution is 5.81. The summed E-state index contributed by atoms with van der Waals surface area (Å²) in [5, 5.41) is 3.04. The van der Waals surface area contributed by atoms with Crippen LogP contribution in [0.2, 0.25) is 0 Å². The third-order valence-electron chi connectivity index (χ3n) is 2.28. The number of amides is 1. The summed E-state index contributed by atoms with van der Waals surface area (Å²) in [5.74, 6) is 0.537. The molecule has 0 bridgehead atoms. The second-order valence-electron chi connectivity index (χ2n) is 5.15. The molecule has 3 N–H and O–H groups in total. The normalized spacial score (nSPS) is 14.2. The Bertz CT molecular complexity index is 182. The van der Waals surface area contributed by atoms with E-state index in [-0.39, 0.29) is 17.4 Å². The van der Waals surface area contributed by atoms with Crippen LogP contribution in [0.4, 0.5) is 0 Å². The van der Waals surface area contributed by atoms with Crippen LogP contribution in [-0.2, 0) is 4.79 Å². The van der Waals surface area contributed by atoms with E-state index < -0.39 is 0 Å². The van der Waals surface area contributed by atoms with E-state index >= 15 is 0 Å². The van der Waals surface area contributed by atoms with Gasteiger partial charge in [-0.3, -0.25) is 4.79 Å². The van der Waals surface area contributed by atoms with Gasteiger partial charge in [0, 0.05) is 11.5 Å². The van der Waals surface area contributed by atoms with Gasteiger partial charge in [-0.2, -0.15) is 0 Å². The molecule has 14 heavy (non-hydrogen) atoms. The minimum Gasteiger partial charge on any atom is -0.353 e. The van der Waals surface area contributed by atoms with Crippen LogP contribution < -0.4 is 11.1 Å². The van der Waals surface area contributed by atoms with Gasteiger partial charge in [0.25, 0.3) is 0 Å². The minimum absolute atomic E-state index is 0.102. The first-order chi connectivity index (χ1) is 6.29. The maximum Gasteiger partial charge on any atom is 0.225 e. The molecule has 0 fully saturated rings. The lowest BCUT2D eigenvalue weighted by molar-refractivity contribution is -0.129. The Labute approximate surface area is 87.4 Å². The van der Waals surface area contributed by atoms with Crippen LogP contribution in [0.3, 0.4) is 0 Å². The highest BCUT2D eigenvalue weighted by Gasteiger charge is 2.24. The van der Waals surface area contributed by atoms with E-state index in [2.05, 4.69) is 19.2 Å². The van der Waals surface area contributed by atoms with Gasteiger partial charge in [0.1, 0.15) is 0 Å². The molecule has 0 spiro atoms. The van der Waals surface area contributed by atoms with E-state index in [1.165, 1.54) is 0 Å². The van der Waals surface area contributed by atoms with Crippen molar-refractivity contribution in [3.63, 3.8) is 0 Å². The monoisotopic (exact) mass is 200 g/mol. The highest BCUT2D eigenvalue weighted by atomic mass is 16.2. The second kappa shape index (κ2) is 5.35. The Balaban J connectivity index is 4.24. The van der Waals surface area contributed by atoms with Gasteiger partial charge in [-0.05, 0) is 18.9 Å². The predicted molar refractivity (Wildman–Crippen MR) is 59.9 cm³/mol. The molecule has 1 unspecified atom stereocenters. The van der Waals surface area contributed by atoms with Crippen LogP contribution in [0.15, 0.2) is 0 Å². The first-order valence-electron chi connectivity index (χ1n) is 5.30. The molecule has 0 aliphatic rings. The first kappa shape index (κ1) is 13.4. The van der Waals surface area contributed by atoms with Gasteiger partial charge in [-0.25, -0.2) is 0 Å². The molecule has 0 aromatic carbocycles. The molecule has 0 saturated heterocycles. The molecular formula is C11H24N2O. The van der Waals surface area contributed by atoms with Crippen LogP contribution in [0.1, 0.15) is 41.0 Å². The zero-order valence-electron chi connectivity index (χ0n) is 10.1. The summed E-state index contributed by atoms with van der Waals surface area (Å²) in [5.41, 5.74) is 5.18. The van der Waals surface area contributed by atoms with Crippen LogP contribution in [0.5, 0.6) is 0 Å². The van der Waals surface area contributed by atoms with Gasteiger partial charge in [-0.1, -0.05) is 34.6 Å². The van der Waals surface area contributed by atoms with Crippen molar-refractivity contribution in [3.05, 3.63) is 0 Å². The number of nitrogens with two attached hydrogens (primary N) is 1. The smallest absolute Gasteiger partial charge is 0.225 e. The summed E-state index contributed by atoms with van der Waals surface area (Å²) in [4.78, 5) is 11.7. The van der Waals surface area contributed by atoms with E-state index in [0.717, 1.165) is 6.42 Å². The van der Waals surface area contributed by atoms with E-state index in [4.69, 9.17) is 5.73 Å². The zero-order valence-corrected chi connectivity index (χ0v) is 10.1. The Morgan fingerprint density at radius 2 is 1.86 bits per heavy atom. The van der Waals surface area contributed by atoms with Crippen molar-refractivity contribution in [1.82, 2.24) is 5.32 Å². The topological polar surface area (TPSA) is 55.1 Å². The number of nitrogens with one attached hydrogen (secondary N) is 1. The van der Waals surface area contributed by atoms with Crippen molar-refractivity contribution in [1.29, 1.82) is 0 Å². The number of rotatable bonds is 4. The Morgan fingerprint density at radius 3 is 2.14 bits per heavy atom. The minimum atomic E-state index is -0.318. The largest absolute Gasteiger partial charge is 0.353 e. The van der Waals surface area contributed by atoms with Crippen LogP contribution >= 0.6 is 0 Å². The average molecular weight is 200 g/mol. The molecule has 1 amide bonds. The summed E-state index contributed by atoms with van der Waals surface area (Å²) in [6.45, 7) is 10.6.